The van der Waals surface area contributed by atoms with Crippen molar-refractivity contribution < 1.29 is 14.3 Å². The topological polar surface area (TPSA) is 38.8 Å². The summed E-state index contributed by atoms with van der Waals surface area (Å²) < 4.78 is 11.8. The second-order valence-electron chi connectivity index (χ2n) is 7.96. The summed E-state index contributed by atoms with van der Waals surface area (Å²) in [5, 5.41) is 0.657. The van der Waals surface area contributed by atoms with Gasteiger partial charge in [-0.2, -0.15) is 0 Å². The predicted octanol–water partition coefficient (Wildman–Crippen LogP) is 4.30. The number of halogens is 1. The molecule has 0 spiro atoms. The van der Waals surface area contributed by atoms with Crippen LogP contribution in [-0.4, -0.2) is 37.1 Å². The van der Waals surface area contributed by atoms with Gasteiger partial charge in [-0.05, 0) is 55.5 Å². The molecule has 0 bridgehead atoms. The van der Waals surface area contributed by atoms with Crippen LogP contribution < -0.4 is 9.47 Å². The third-order valence-corrected chi connectivity index (χ3v) is 6.50. The third-order valence-electron chi connectivity index (χ3n) is 6.25. The number of ether oxygens (including phenoxy) is 2. The average Bonchev–Trinajstić information content (AvgIpc) is 3.38. The normalized spacial score (nSPS) is 18.4. The zero-order valence-corrected chi connectivity index (χ0v) is 16.6. The number of fused-ring (bicyclic) bond motifs is 2. The molecule has 0 N–H and O–H groups in total. The van der Waals surface area contributed by atoms with Gasteiger partial charge in [0.15, 0.2) is 0 Å². The standard InChI is InChI=1S/C23H24ClNO3/c24-18-3-1-16(2-4-18)23(26)25-9-5-15(6-10-25)13-20-19-8-12-27-21(19)14-17-7-11-28-22(17)20/h1-4,14-15H,5-13H2. The Morgan fingerprint density at radius 3 is 2.61 bits per heavy atom. The van der Waals surface area contributed by atoms with E-state index in [0.29, 0.717) is 16.5 Å². The Morgan fingerprint density at radius 2 is 1.82 bits per heavy atom. The first-order valence-corrected chi connectivity index (χ1v) is 10.5. The van der Waals surface area contributed by atoms with E-state index in [4.69, 9.17) is 21.1 Å². The lowest BCUT2D eigenvalue weighted by molar-refractivity contribution is 0.0690. The molecule has 2 aromatic rings. The Morgan fingerprint density at radius 1 is 1.07 bits per heavy atom. The fourth-order valence-electron chi connectivity index (χ4n) is 4.70. The maximum absolute atomic E-state index is 12.7. The van der Waals surface area contributed by atoms with Crippen LogP contribution in [0.25, 0.3) is 0 Å². The van der Waals surface area contributed by atoms with Crippen LogP contribution in [0.1, 0.15) is 39.9 Å². The number of nitrogens with zero attached hydrogens (tertiary/aromatic N) is 1. The van der Waals surface area contributed by atoms with E-state index >= 15 is 0 Å². The van der Waals surface area contributed by atoms with Crippen molar-refractivity contribution in [2.45, 2.75) is 32.1 Å². The van der Waals surface area contributed by atoms with E-state index in [1.807, 2.05) is 17.0 Å². The van der Waals surface area contributed by atoms with Crippen LogP contribution in [0, 0.1) is 5.92 Å². The maximum Gasteiger partial charge on any atom is 0.253 e. The summed E-state index contributed by atoms with van der Waals surface area (Å²) in [4.78, 5) is 14.7. The Kier molecular flexibility index (Phi) is 4.67. The Hall–Kier alpha value is -2.20. The molecular weight excluding hydrogens is 374 g/mol. The van der Waals surface area contributed by atoms with Crippen LogP contribution >= 0.6 is 11.6 Å². The number of piperidine rings is 1. The number of carbonyl (C=O) groups is 1. The molecule has 0 aliphatic carbocycles. The van der Waals surface area contributed by atoms with Gasteiger partial charge in [-0.1, -0.05) is 11.6 Å². The van der Waals surface area contributed by atoms with E-state index in [2.05, 4.69) is 6.07 Å². The fraction of sp³-hybridized carbons (Fsp3) is 0.435. The van der Waals surface area contributed by atoms with Crippen LogP contribution in [0.5, 0.6) is 11.5 Å². The number of carbonyl (C=O) groups excluding carboxylic acids is 1. The highest BCUT2D eigenvalue weighted by atomic mass is 35.5. The molecule has 0 atom stereocenters. The van der Waals surface area contributed by atoms with E-state index in [9.17, 15) is 4.79 Å². The van der Waals surface area contributed by atoms with Crippen LogP contribution in [-0.2, 0) is 19.3 Å². The minimum atomic E-state index is 0.105. The van der Waals surface area contributed by atoms with Gasteiger partial charge in [-0.3, -0.25) is 4.79 Å². The molecule has 1 fully saturated rings. The monoisotopic (exact) mass is 397 g/mol. The van der Waals surface area contributed by atoms with E-state index in [1.165, 1.54) is 16.7 Å². The molecule has 0 radical (unpaired) electrons. The summed E-state index contributed by atoms with van der Waals surface area (Å²) in [6.45, 7) is 3.17. The molecule has 0 aromatic heterocycles. The van der Waals surface area contributed by atoms with Crippen molar-refractivity contribution in [1.82, 2.24) is 4.90 Å². The van der Waals surface area contributed by atoms with Crippen molar-refractivity contribution in [2.24, 2.45) is 5.92 Å². The fourth-order valence-corrected chi connectivity index (χ4v) is 4.83. The molecule has 5 rings (SSSR count). The van der Waals surface area contributed by atoms with Gasteiger partial charge >= 0.3 is 0 Å². The first kappa shape index (κ1) is 17.9. The Bertz CT molecular complexity index is 869. The van der Waals surface area contributed by atoms with Crippen molar-refractivity contribution in [3.8, 4) is 11.5 Å². The maximum atomic E-state index is 12.7. The van der Waals surface area contributed by atoms with Gasteiger partial charge in [-0.25, -0.2) is 0 Å². The van der Waals surface area contributed by atoms with Gasteiger partial charge in [0.2, 0.25) is 0 Å². The van der Waals surface area contributed by atoms with Gasteiger partial charge in [-0.15, -0.1) is 0 Å². The minimum Gasteiger partial charge on any atom is -0.493 e. The van der Waals surface area contributed by atoms with Crippen LogP contribution in [0.3, 0.4) is 0 Å². The van der Waals surface area contributed by atoms with Crippen molar-refractivity contribution in [3.63, 3.8) is 0 Å². The van der Waals surface area contributed by atoms with E-state index in [-0.39, 0.29) is 5.91 Å². The zero-order chi connectivity index (χ0) is 19.1. The highest BCUT2D eigenvalue weighted by molar-refractivity contribution is 6.30. The number of likely N-dealkylation sites (tertiary alicyclic amines) is 1. The molecule has 3 aliphatic heterocycles. The Balaban J connectivity index is 1.27. The second kappa shape index (κ2) is 7.32. The van der Waals surface area contributed by atoms with Gasteiger partial charge in [0.05, 0.1) is 13.2 Å². The lowest BCUT2D eigenvalue weighted by Gasteiger charge is -2.32. The van der Waals surface area contributed by atoms with Crippen LogP contribution in [0.2, 0.25) is 5.02 Å². The second-order valence-corrected chi connectivity index (χ2v) is 8.40. The van der Waals surface area contributed by atoms with Crippen LogP contribution in [0.4, 0.5) is 0 Å². The molecule has 3 heterocycles. The smallest absolute Gasteiger partial charge is 0.253 e. The summed E-state index contributed by atoms with van der Waals surface area (Å²) in [5.41, 5.74) is 4.73. The minimum absolute atomic E-state index is 0.105. The molecule has 146 valence electrons. The quantitative estimate of drug-likeness (QED) is 0.774. The van der Waals surface area contributed by atoms with E-state index in [1.54, 1.807) is 12.1 Å². The number of benzene rings is 2. The zero-order valence-electron chi connectivity index (χ0n) is 15.9. The average molecular weight is 398 g/mol. The van der Waals surface area contributed by atoms with Gasteiger partial charge < -0.3 is 14.4 Å². The van der Waals surface area contributed by atoms with Crippen molar-refractivity contribution >= 4 is 17.5 Å². The molecule has 0 saturated carbocycles. The summed E-state index contributed by atoms with van der Waals surface area (Å²) in [6, 6.07) is 9.36. The number of rotatable bonds is 3. The van der Waals surface area contributed by atoms with Gasteiger partial charge in [0.1, 0.15) is 11.5 Å². The van der Waals surface area contributed by atoms with Crippen LogP contribution in [0.15, 0.2) is 30.3 Å². The molecule has 1 saturated heterocycles. The summed E-state index contributed by atoms with van der Waals surface area (Å²) >= 11 is 5.93. The SMILES string of the molecule is O=C(c1ccc(Cl)cc1)N1CCC(Cc2c3c(cc4c2OCC4)OCC3)CC1. The number of amides is 1. The lowest BCUT2D eigenvalue weighted by Crippen LogP contribution is -2.39. The highest BCUT2D eigenvalue weighted by Gasteiger charge is 2.30. The Labute approximate surface area is 170 Å². The van der Waals surface area contributed by atoms with Gasteiger partial charge in [0.25, 0.3) is 5.91 Å². The van der Waals surface area contributed by atoms with Gasteiger partial charge in [0, 0.05) is 53.2 Å². The van der Waals surface area contributed by atoms with Crippen molar-refractivity contribution in [3.05, 3.63) is 57.6 Å². The van der Waals surface area contributed by atoms with E-state index < -0.39 is 0 Å². The lowest BCUT2D eigenvalue weighted by atomic mass is 9.86. The largest absolute Gasteiger partial charge is 0.493 e. The molecule has 3 aliphatic rings. The van der Waals surface area contributed by atoms with Crippen molar-refractivity contribution in [1.29, 1.82) is 0 Å². The molecule has 0 unspecified atom stereocenters. The summed E-state index contributed by atoms with van der Waals surface area (Å²) in [5.74, 6) is 2.86. The predicted molar refractivity (Wildman–Crippen MR) is 109 cm³/mol. The highest BCUT2D eigenvalue weighted by Crippen LogP contribution is 2.42. The van der Waals surface area contributed by atoms with E-state index in [0.717, 1.165) is 69.9 Å². The first-order valence-electron chi connectivity index (χ1n) is 10.2. The molecule has 28 heavy (non-hydrogen) atoms. The first-order chi connectivity index (χ1) is 13.7. The summed E-state index contributed by atoms with van der Waals surface area (Å²) in [6.07, 6.45) is 5.04. The third kappa shape index (κ3) is 3.24. The molecule has 2 aromatic carbocycles. The molecule has 1 amide bonds. The summed E-state index contributed by atoms with van der Waals surface area (Å²) in [7, 11) is 0. The number of hydrogen-bond donors (Lipinski definition) is 0. The molecule has 4 nitrogen and oxygen atoms in total. The molecular formula is C23H24ClNO3. The molecule has 5 heteroatoms. The van der Waals surface area contributed by atoms with Crippen molar-refractivity contribution in [2.75, 3.05) is 26.3 Å². The number of hydrogen-bond acceptors (Lipinski definition) is 3.